The molecule has 0 unspecified atom stereocenters. The Hall–Kier alpha value is -1.45. The summed E-state index contributed by atoms with van der Waals surface area (Å²) in [5.41, 5.74) is -0.0897. The van der Waals surface area contributed by atoms with E-state index < -0.39 is 11.9 Å². The lowest BCUT2D eigenvalue weighted by molar-refractivity contribution is 0.0479. The minimum Gasteiger partial charge on any atom is -0.462 e. The summed E-state index contributed by atoms with van der Waals surface area (Å²) < 4.78 is 17.9. The molecule has 0 aliphatic heterocycles. The summed E-state index contributed by atoms with van der Waals surface area (Å²) in [6, 6.07) is 2.88. The molecular weight excluding hydrogens is 185 g/mol. The first-order valence-corrected chi connectivity index (χ1v) is 4.55. The molecule has 1 aliphatic carbocycles. The number of hydrogen-bond donors (Lipinski definition) is 0. The number of carbonyl (C=O) groups excluding carboxylic acids is 1. The Balaban J connectivity index is 1.98. The van der Waals surface area contributed by atoms with E-state index in [1.54, 1.807) is 0 Å². The van der Waals surface area contributed by atoms with Crippen LogP contribution < -0.4 is 0 Å². The molecule has 2 rings (SSSR count). The Labute approximate surface area is 80.9 Å². The Morgan fingerprint density at radius 1 is 1.64 bits per heavy atom. The van der Waals surface area contributed by atoms with E-state index in [9.17, 15) is 9.18 Å². The van der Waals surface area contributed by atoms with Gasteiger partial charge in [-0.1, -0.05) is 0 Å². The molecule has 0 aromatic carbocycles. The second-order valence-corrected chi connectivity index (χ2v) is 3.38. The molecule has 0 radical (unpaired) electrons. The predicted octanol–water partition coefficient (Wildman–Crippen LogP) is 1.79. The van der Waals surface area contributed by atoms with Crippen LogP contribution in [0.2, 0.25) is 0 Å². The monoisotopic (exact) mass is 195 g/mol. The zero-order valence-electron chi connectivity index (χ0n) is 7.57. The van der Waals surface area contributed by atoms with E-state index in [-0.39, 0.29) is 5.56 Å². The summed E-state index contributed by atoms with van der Waals surface area (Å²) in [5, 5.41) is 0. The van der Waals surface area contributed by atoms with Gasteiger partial charge in [0, 0.05) is 6.20 Å². The molecular formula is C10H10FNO2. The quantitative estimate of drug-likeness (QED) is 0.545. The summed E-state index contributed by atoms with van der Waals surface area (Å²) in [7, 11) is 0. The van der Waals surface area contributed by atoms with Crippen molar-refractivity contribution < 1.29 is 13.9 Å². The average molecular weight is 195 g/mol. The molecule has 1 aliphatic rings. The van der Waals surface area contributed by atoms with Crippen molar-refractivity contribution in [1.29, 1.82) is 0 Å². The van der Waals surface area contributed by atoms with Crippen molar-refractivity contribution in [3.05, 3.63) is 29.8 Å². The topological polar surface area (TPSA) is 39.2 Å². The maximum Gasteiger partial charge on any atom is 0.342 e. The van der Waals surface area contributed by atoms with Crippen molar-refractivity contribution in [2.24, 2.45) is 5.92 Å². The largest absolute Gasteiger partial charge is 0.462 e. The zero-order chi connectivity index (χ0) is 9.97. The first kappa shape index (κ1) is 9.12. The molecule has 1 fully saturated rings. The van der Waals surface area contributed by atoms with Crippen molar-refractivity contribution in [2.75, 3.05) is 6.61 Å². The molecule has 1 heterocycles. The van der Waals surface area contributed by atoms with Gasteiger partial charge in [-0.2, -0.15) is 4.39 Å². The lowest BCUT2D eigenvalue weighted by atomic mass is 10.3. The van der Waals surface area contributed by atoms with Crippen LogP contribution in [-0.2, 0) is 4.74 Å². The van der Waals surface area contributed by atoms with E-state index >= 15 is 0 Å². The average Bonchev–Trinajstić information content (AvgIpc) is 2.98. The molecule has 0 N–H and O–H groups in total. The standard InChI is InChI=1S/C10H10FNO2/c11-9-8(2-1-5-12-9)10(13)14-6-7-3-4-7/h1-2,5,7H,3-4,6H2. The number of pyridine rings is 1. The van der Waals surface area contributed by atoms with Gasteiger partial charge in [0.05, 0.1) is 6.61 Å². The van der Waals surface area contributed by atoms with Crippen LogP contribution in [0.1, 0.15) is 23.2 Å². The molecule has 0 spiro atoms. The van der Waals surface area contributed by atoms with Crippen LogP contribution in [0.3, 0.4) is 0 Å². The van der Waals surface area contributed by atoms with Gasteiger partial charge in [-0.3, -0.25) is 0 Å². The Morgan fingerprint density at radius 3 is 3.07 bits per heavy atom. The van der Waals surface area contributed by atoms with Gasteiger partial charge in [-0.25, -0.2) is 9.78 Å². The number of rotatable bonds is 3. The number of carbonyl (C=O) groups is 1. The highest BCUT2D eigenvalue weighted by Crippen LogP contribution is 2.29. The maximum absolute atomic E-state index is 13.0. The number of nitrogens with zero attached hydrogens (tertiary/aromatic N) is 1. The Kier molecular flexibility index (Phi) is 2.43. The second-order valence-electron chi connectivity index (χ2n) is 3.38. The Bertz CT molecular complexity index is 350. The fraction of sp³-hybridized carbons (Fsp3) is 0.400. The molecule has 4 heteroatoms. The summed E-state index contributed by atoms with van der Waals surface area (Å²) in [6.45, 7) is 0.396. The number of halogens is 1. The number of aromatic nitrogens is 1. The van der Waals surface area contributed by atoms with Gasteiger partial charge in [0.2, 0.25) is 5.95 Å². The highest BCUT2D eigenvalue weighted by Gasteiger charge is 2.24. The smallest absolute Gasteiger partial charge is 0.342 e. The van der Waals surface area contributed by atoms with Crippen LogP contribution in [0, 0.1) is 11.9 Å². The number of esters is 1. The SMILES string of the molecule is O=C(OCC1CC1)c1cccnc1F. The van der Waals surface area contributed by atoms with Crippen molar-refractivity contribution >= 4 is 5.97 Å². The van der Waals surface area contributed by atoms with Gasteiger partial charge in [-0.15, -0.1) is 0 Å². The van der Waals surface area contributed by atoms with Gasteiger partial charge in [-0.05, 0) is 30.9 Å². The van der Waals surface area contributed by atoms with Crippen LogP contribution in [0.5, 0.6) is 0 Å². The minimum absolute atomic E-state index is 0.0897. The lowest BCUT2D eigenvalue weighted by Crippen LogP contribution is -2.10. The van der Waals surface area contributed by atoms with Crippen LogP contribution >= 0.6 is 0 Å². The summed E-state index contributed by atoms with van der Waals surface area (Å²) in [6.07, 6.45) is 3.50. The molecule has 0 bridgehead atoms. The minimum atomic E-state index is -0.770. The third-order valence-electron chi connectivity index (χ3n) is 2.13. The molecule has 3 nitrogen and oxygen atoms in total. The lowest BCUT2D eigenvalue weighted by Gasteiger charge is -2.03. The fourth-order valence-electron chi connectivity index (χ4n) is 1.09. The van der Waals surface area contributed by atoms with Crippen molar-refractivity contribution in [3.63, 3.8) is 0 Å². The van der Waals surface area contributed by atoms with Crippen molar-refractivity contribution in [3.8, 4) is 0 Å². The van der Waals surface area contributed by atoms with Gasteiger partial charge in [0.25, 0.3) is 0 Å². The zero-order valence-corrected chi connectivity index (χ0v) is 7.57. The fourth-order valence-corrected chi connectivity index (χ4v) is 1.09. The third kappa shape index (κ3) is 2.07. The molecule has 0 saturated heterocycles. The molecule has 74 valence electrons. The van der Waals surface area contributed by atoms with Crippen LogP contribution in [0.25, 0.3) is 0 Å². The van der Waals surface area contributed by atoms with Crippen LogP contribution in [0.15, 0.2) is 18.3 Å². The van der Waals surface area contributed by atoms with E-state index in [2.05, 4.69) is 4.98 Å². The van der Waals surface area contributed by atoms with Gasteiger partial charge >= 0.3 is 5.97 Å². The first-order valence-electron chi connectivity index (χ1n) is 4.55. The van der Waals surface area contributed by atoms with Gasteiger partial charge in [0.1, 0.15) is 5.56 Å². The maximum atomic E-state index is 13.0. The number of ether oxygens (including phenoxy) is 1. The normalized spacial score (nSPS) is 15.2. The van der Waals surface area contributed by atoms with Gasteiger partial charge in [0.15, 0.2) is 0 Å². The molecule has 0 amide bonds. The summed E-state index contributed by atoms with van der Waals surface area (Å²) in [5.74, 6) is -0.908. The predicted molar refractivity (Wildman–Crippen MR) is 47.2 cm³/mol. The summed E-state index contributed by atoms with van der Waals surface area (Å²) >= 11 is 0. The van der Waals surface area contributed by atoms with E-state index in [1.165, 1.54) is 18.3 Å². The highest BCUT2D eigenvalue weighted by atomic mass is 19.1. The second kappa shape index (κ2) is 3.74. The van der Waals surface area contributed by atoms with E-state index in [4.69, 9.17) is 4.74 Å². The van der Waals surface area contributed by atoms with Crippen molar-refractivity contribution in [1.82, 2.24) is 4.98 Å². The van der Waals surface area contributed by atoms with E-state index in [1.807, 2.05) is 0 Å². The van der Waals surface area contributed by atoms with Gasteiger partial charge < -0.3 is 4.74 Å². The highest BCUT2D eigenvalue weighted by molar-refractivity contribution is 5.89. The molecule has 1 saturated carbocycles. The van der Waals surface area contributed by atoms with E-state index in [0.717, 1.165) is 12.8 Å². The van der Waals surface area contributed by atoms with Crippen LogP contribution in [0.4, 0.5) is 4.39 Å². The van der Waals surface area contributed by atoms with Crippen molar-refractivity contribution in [2.45, 2.75) is 12.8 Å². The molecule has 0 atom stereocenters. The van der Waals surface area contributed by atoms with Crippen LogP contribution in [-0.4, -0.2) is 17.6 Å². The van der Waals surface area contributed by atoms with E-state index in [0.29, 0.717) is 12.5 Å². The third-order valence-corrected chi connectivity index (χ3v) is 2.13. The number of hydrogen-bond acceptors (Lipinski definition) is 3. The Morgan fingerprint density at radius 2 is 2.43 bits per heavy atom. The molecule has 1 aromatic heterocycles. The molecule has 1 aromatic rings. The summed E-state index contributed by atoms with van der Waals surface area (Å²) in [4.78, 5) is 14.7. The molecule has 14 heavy (non-hydrogen) atoms. The first-order chi connectivity index (χ1) is 6.77.